The molecule has 7 heteroatoms. The summed E-state index contributed by atoms with van der Waals surface area (Å²) < 4.78 is 11.0. The van der Waals surface area contributed by atoms with Gasteiger partial charge in [-0.05, 0) is 25.1 Å². The van der Waals surface area contributed by atoms with Crippen LogP contribution in [0.5, 0.6) is 11.5 Å². The third-order valence-corrected chi connectivity index (χ3v) is 3.70. The summed E-state index contributed by atoms with van der Waals surface area (Å²) in [6.07, 6.45) is 0. The Morgan fingerprint density at radius 2 is 2.10 bits per heavy atom. The summed E-state index contributed by atoms with van der Waals surface area (Å²) in [4.78, 5) is 11.0. The monoisotopic (exact) mass is 291 g/mol. The number of amides is 1. The highest BCUT2D eigenvalue weighted by molar-refractivity contribution is 8.15. The van der Waals surface area contributed by atoms with E-state index in [0.29, 0.717) is 24.1 Å². The fourth-order valence-corrected chi connectivity index (χ4v) is 2.45. The highest BCUT2D eigenvalue weighted by Crippen LogP contribution is 2.30. The van der Waals surface area contributed by atoms with Crippen molar-refractivity contribution in [3.8, 4) is 11.5 Å². The number of thioether (sulfide) groups is 1. The van der Waals surface area contributed by atoms with Gasteiger partial charge >= 0.3 is 0 Å². The third-order valence-electron chi connectivity index (χ3n) is 2.84. The summed E-state index contributed by atoms with van der Waals surface area (Å²) >= 11 is 1.35. The zero-order valence-electron chi connectivity index (χ0n) is 10.9. The Bertz CT molecular complexity index is 613. The number of benzene rings is 1. The van der Waals surface area contributed by atoms with Gasteiger partial charge in [0.1, 0.15) is 13.2 Å². The molecule has 0 atom stereocenters. The summed E-state index contributed by atoms with van der Waals surface area (Å²) in [6.45, 7) is 2.98. The molecular weight excluding hydrogens is 278 g/mol. The van der Waals surface area contributed by atoms with Gasteiger partial charge in [0.15, 0.2) is 16.7 Å². The molecule has 20 heavy (non-hydrogen) atoms. The predicted molar refractivity (Wildman–Crippen MR) is 77.7 cm³/mol. The van der Waals surface area contributed by atoms with Crippen LogP contribution in [0.2, 0.25) is 0 Å². The van der Waals surface area contributed by atoms with E-state index in [-0.39, 0.29) is 5.91 Å². The van der Waals surface area contributed by atoms with Crippen molar-refractivity contribution in [1.82, 2.24) is 5.32 Å². The summed E-state index contributed by atoms with van der Waals surface area (Å²) in [5, 5.41) is 11.3. The molecule has 0 spiro atoms. The maximum atomic E-state index is 11.0. The number of hydrogen-bond donors (Lipinski definition) is 1. The fourth-order valence-electron chi connectivity index (χ4n) is 1.83. The van der Waals surface area contributed by atoms with Crippen molar-refractivity contribution < 1.29 is 14.3 Å². The summed E-state index contributed by atoms with van der Waals surface area (Å²) in [7, 11) is 0. The van der Waals surface area contributed by atoms with Crippen LogP contribution in [-0.4, -0.2) is 35.8 Å². The van der Waals surface area contributed by atoms with Crippen LogP contribution >= 0.6 is 11.8 Å². The van der Waals surface area contributed by atoms with Gasteiger partial charge in [0.05, 0.1) is 11.5 Å². The quantitative estimate of drug-likeness (QED) is 0.660. The van der Waals surface area contributed by atoms with Crippen molar-refractivity contribution >= 4 is 28.5 Å². The van der Waals surface area contributed by atoms with Gasteiger partial charge in [-0.25, -0.2) is 0 Å². The van der Waals surface area contributed by atoms with Crippen LogP contribution in [0.1, 0.15) is 12.5 Å². The Labute approximate surface area is 120 Å². The molecule has 6 nitrogen and oxygen atoms in total. The van der Waals surface area contributed by atoms with Crippen molar-refractivity contribution in [1.29, 1.82) is 0 Å². The second-order valence-electron chi connectivity index (χ2n) is 4.29. The first-order valence-electron chi connectivity index (χ1n) is 6.17. The van der Waals surface area contributed by atoms with Crippen LogP contribution in [0, 0.1) is 0 Å². The second-order valence-corrected chi connectivity index (χ2v) is 5.25. The average Bonchev–Trinajstić information content (AvgIpc) is 2.90. The lowest BCUT2D eigenvalue weighted by molar-refractivity contribution is -0.116. The zero-order valence-corrected chi connectivity index (χ0v) is 11.7. The summed E-state index contributed by atoms with van der Waals surface area (Å²) in [5.74, 6) is 1.83. The van der Waals surface area contributed by atoms with Crippen LogP contribution in [0.4, 0.5) is 0 Å². The largest absolute Gasteiger partial charge is 0.486 e. The number of rotatable bonds is 2. The van der Waals surface area contributed by atoms with E-state index in [1.165, 1.54) is 11.8 Å². The number of fused-ring (bicyclic) bond motifs is 1. The molecule has 2 heterocycles. The Hall–Kier alpha value is -2.02. The number of hydrogen-bond acceptors (Lipinski definition) is 6. The van der Waals surface area contributed by atoms with Gasteiger partial charge in [-0.15, -0.1) is 5.10 Å². The second kappa shape index (κ2) is 5.54. The molecule has 2 aliphatic rings. The molecule has 2 aliphatic heterocycles. The molecule has 0 aromatic heterocycles. The Balaban J connectivity index is 1.79. The van der Waals surface area contributed by atoms with E-state index < -0.39 is 0 Å². The van der Waals surface area contributed by atoms with E-state index in [2.05, 4.69) is 15.5 Å². The SMILES string of the molecule is C/C(=N/N=C1\NC(=O)CS1)c1ccc2c(c1)OCCO2. The Morgan fingerprint density at radius 3 is 2.85 bits per heavy atom. The fraction of sp³-hybridized carbons (Fsp3) is 0.308. The van der Waals surface area contributed by atoms with Gasteiger partial charge in [0.2, 0.25) is 5.91 Å². The summed E-state index contributed by atoms with van der Waals surface area (Å²) in [5.41, 5.74) is 1.66. The first kappa shape index (κ1) is 13.0. The Morgan fingerprint density at radius 1 is 1.30 bits per heavy atom. The van der Waals surface area contributed by atoms with Gasteiger partial charge in [-0.1, -0.05) is 11.8 Å². The average molecular weight is 291 g/mol. The first-order valence-corrected chi connectivity index (χ1v) is 7.16. The standard InChI is InChI=1S/C13H13N3O3S/c1-8(15-16-13-14-12(17)7-20-13)9-2-3-10-11(6-9)19-5-4-18-10/h2-3,6H,4-5,7H2,1H3,(H,14,16,17)/b15-8-. The highest BCUT2D eigenvalue weighted by atomic mass is 32.2. The number of ether oxygens (including phenoxy) is 2. The minimum absolute atomic E-state index is 0.0408. The summed E-state index contributed by atoms with van der Waals surface area (Å²) in [6, 6.07) is 5.66. The molecule has 0 saturated carbocycles. The lowest BCUT2D eigenvalue weighted by Gasteiger charge is -2.18. The first-order chi connectivity index (χ1) is 9.72. The predicted octanol–water partition coefficient (Wildman–Crippen LogP) is 1.40. The molecule has 1 fully saturated rings. The number of carbonyl (C=O) groups excluding carboxylic acids is 1. The Kier molecular flexibility index (Phi) is 3.60. The molecule has 1 amide bonds. The van der Waals surface area contributed by atoms with E-state index in [1.54, 1.807) is 0 Å². The lowest BCUT2D eigenvalue weighted by Crippen LogP contribution is -2.19. The van der Waals surface area contributed by atoms with Crippen molar-refractivity contribution in [2.24, 2.45) is 10.2 Å². The van der Waals surface area contributed by atoms with Crippen LogP contribution in [-0.2, 0) is 4.79 Å². The highest BCUT2D eigenvalue weighted by Gasteiger charge is 2.16. The molecule has 0 unspecified atom stereocenters. The normalized spacial score (nSPS) is 20.1. The van der Waals surface area contributed by atoms with Gasteiger partial charge in [-0.3, -0.25) is 4.79 Å². The molecule has 1 aromatic rings. The van der Waals surface area contributed by atoms with Gasteiger partial charge < -0.3 is 14.8 Å². The van der Waals surface area contributed by atoms with Crippen molar-refractivity contribution in [2.45, 2.75) is 6.92 Å². The van der Waals surface area contributed by atoms with E-state index in [0.717, 1.165) is 22.8 Å². The zero-order chi connectivity index (χ0) is 13.9. The molecular formula is C13H13N3O3S. The van der Waals surface area contributed by atoms with E-state index in [4.69, 9.17) is 9.47 Å². The molecule has 3 rings (SSSR count). The van der Waals surface area contributed by atoms with E-state index in [1.807, 2.05) is 25.1 Å². The lowest BCUT2D eigenvalue weighted by atomic mass is 10.1. The van der Waals surface area contributed by atoms with Crippen LogP contribution in [0.3, 0.4) is 0 Å². The van der Waals surface area contributed by atoms with Crippen LogP contribution in [0.15, 0.2) is 28.4 Å². The van der Waals surface area contributed by atoms with Crippen molar-refractivity contribution in [2.75, 3.05) is 19.0 Å². The third kappa shape index (κ3) is 2.77. The van der Waals surface area contributed by atoms with Gasteiger partial charge in [0.25, 0.3) is 0 Å². The molecule has 1 saturated heterocycles. The minimum atomic E-state index is -0.0408. The van der Waals surface area contributed by atoms with E-state index in [9.17, 15) is 4.79 Å². The molecule has 1 aromatic carbocycles. The maximum absolute atomic E-state index is 11.0. The molecule has 0 bridgehead atoms. The number of carbonyl (C=O) groups is 1. The minimum Gasteiger partial charge on any atom is -0.486 e. The van der Waals surface area contributed by atoms with Gasteiger partial charge in [0, 0.05) is 5.56 Å². The van der Waals surface area contributed by atoms with E-state index >= 15 is 0 Å². The molecule has 0 radical (unpaired) electrons. The number of amidine groups is 1. The molecule has 0 aliphatic carbocycles. The van der Waals surface area contributed by atoms with Crippen molar-refractivity contribution in [3.05, 3.63) is 23.8 Å². The van der Waals surface area contributed by atoms with Gasteiger partial charge in [-0.2, -0.15) is 5.10 Å². The van der Waals surface area contributed by atoms with Crippen LogP contribution in [0.25, 0.3) is 0 Å². The van der Waals surface area contributed by atoms with Crippen molar-refractivity contribution in [3.63, 3.8) is 0 Å². The number of nitrogens with one attached hydrogen (secondary N) is 1. The molecule has 1 N–H and O–H groups in total. The number of nitrogens with zero attached hydrogens (tertiary/aromatic N) is 2. The smallest absolute Gasteiger partial charge is 0.236 e. The maximum Gasteiger partial charge on any atom is 0.236 e. The topological polar surface area (TPSA) is 72.3 Å². The van der Waals surface area contributed by atoms with Crippen LogP contribution < -0.4 is 14.8 Å². The molecule has 104 valence electrons.